The first kappa shape index (κ1) is 21.0. The van der Waals surface area contributed by atoms with Crippen molar-refractivity contribution in [1.29, 1.82) is 0 Å². The highest BCUT2D eigenvalue weighted by atomic mass is 32.2. The lowest BCUT2D eigenvalue weighted by Gasteiger charge is -2.09. The lowest BCUT2D eigenvalue weighted by molar-refractivity contribution is 0.0973. The molecule has 0 amide bonds. The van der Waals surface area contributed by atoms with E-state index in [2.05, 4.69) is 60.7 Å². The van der Waals surface area contributed by atoms with Gasteiger partial charge in [-0.2, -0.15) is 0 Å². The third kappa shape index (κ3) is 5.65. The van der Waals surface area contributed by atoms with Crippen LogP contribution in [0.5, 0.6) is 5.75 Å². The van der Waals surface area contributed by atoms with Crippen LogP contribution in [0.25, 0.3) is 0 Å². The molecular weight excluding hydrogens is 400 g/mol. The molecule has 0 bridgehead atoms. The minimum atomic E-state index is -0.195. The highest BCUT2D eigenvalue weighted by Gasteiger charge is 2.28. The van der Waals surface area contributed by atoms with Gasteiger partial charge in [0.1, 0.15) is 5.75 Å². The van der Waals surface area contributed by atoms with Gasteiger partial charge in [0, 0.05) is 12.0 Å². The lowest BCUT2D eigenvalue weighted by Crippen LogP contribution is -2.06. The highest BCUT2D eigenvalue weighted by Crippen LogP contribution is 2.31. The smallest absolute Gasteiger partial charge is 0.166 e. The van der Waals surface area contributed by atoms with Crippen molar-refractivity contribution >= 4 is 16.7 Å². The van der Waals surface area contributed by atoms with E-state index in [4.69, 9.17) is 4.74 Å². The van der Waals surface area contributed by atoms with E-state index in [0.29, 0.717) is 19.4 Å². The minimum absolute atomic E-state index is 0.155. The number of benzene rings is 4. The van der Waals surface area contributed by atoms with Crippen molar-refractivity contribution in [3.8, 4) is 5.75 Å². The van der Waals surface area contributed by atoms with Crippen LogP contribution in [0.2, 0.25) is 0 Å². The first-order valence-corrected chi connectivity index (χ1v) is 11.7. The molecule has 0 unspecified atom stereocenters. The van der Waals surface area contributed by atoms with E-state index in [0.717, 1.165) is 11.3 Å². The van der Waals surface area contributed by atoms with Gasteiger partial charge in [0.2, 0.25) is 0 Å². The number of carbonyl (C=O) groups excluding carboxylic acids is 1. The molecule has 0 N–H and O–H groups in total. The Labute approximate surface area is 186 Å². The van der Waals surface area contributed by atoms with Gasteiger partial charge in [-0.05, 0) is 67.1 Å². The predicted molar refractivity (Wildman–Crippen MR) is 127 cm³/mol. The summed E-state index contributed by atoms with van der Waals surface area (Å²) in [6, 6.07) is 38.9. The van der Waals surface area contributed by atoms with Crippen LogP contribution in [0.15, 0.2) is 130 Å². The quantitative estimate of drug-likeness (QED) is 0.167. The van der Waals surface area contributed by atoms with Crippen molar-refractivity contribution < 1.29 is 9.53 Å². The van der Waals surface area contributed by atoms with Crippen molar-refractivity contribution in [2.24, 2.45) is 0 Å². The summed E-state index contributed by atoms with van der Waals surface area (Å²) in [6.45, 7) is 0.541. The van der Waals surface area contributed by atoms with Crippen molar-refractivity contribution in [3.63, 3.8) is 0 Å². The summed E-state index contributed by atoms with van der Waals surface area (Å²) >= 11 is 0. The summed E-state index contributed by atoms with van der Waals surface area (Å²) in [7, 11) is -0.195. The number of para-hydroxylation sites is 1. The highest BCUT2D eigenvalue weighted by molar-refractivity contribution is 7.97. The Balaban J connectivity index is 1.42. The van der Waals surface area contributed by atoms with E-state index in [1.807, 2.05) is 54.6 Å². The zero-order valence-electron chi connectivity index (χ0n) is 17.3. The fourth-order valence-electron chi connectivity index (χ4n) is 3.38. The van der Waals surface area contributed by atoms with Crippen LogP contribution >= 0.6 is 0 Å². The van der Waals surface area contributed by atoms with E-state index >= 15 is 0 Å². The molecule has 3 heteroatoms. The van der Waals surface area contributed by atoms with Crippen LogP contribution < -0.4 is 4.74 Å². The van der Waals surface area contributed by atoms with Gasteiger partial charge in [-0.1, -0.05) is 54.6 Å². The molecule has 0 atom stereocenters. The first-order valence-electron chi connectivity index (χ1n) is 10.5. The normalized spacial score (nSPS) is 10.7. The van der Waals surface area contributed by atoms with Gasteiger partial charge in [0.15, 0.2) is 20.5 Å². The van der Waals surface area contributed by atoms with E-state index in [-0.39, 0.29) is 16.7 Å². The van der Waals surface area contributed by atoms with Crippen LogP contribution in [0.3, 0.4) is 0 Å². The topological polar surface area (TPSA) is 26.3 Å². The van der Waals surface area contributed by atoms with Crippen molar-refractivity contribution in [3.05, 3.63) is 121 Å². The van der Waals surface area contributed by atoms with Crippen molar-refractivity contribution in [2.75, 3.05) is 6.61 Å². The second-order valence-electron chi connectivity index (χ2n) is 7.14. The fourth-order valence-corrected chi connectivity index (χ4v) is 5.47. The van der Waals surface area contributed by atoms with E-state index in [1.165, 1.54) is 14.7 Å². The van der Waals surface area contributed by atoms with Gasteiger partial charge >= 0.3 is 0 Å². The number of hydrogen-bond acceptors (Lipinski definition) is 2. The van der Waals surface area contributed by atoms with Crippen LogP contribution in [-0.4, -0.2) is 12.4 Å². The van der Waals surface area contributed by atoms with Gasteiger partial charge in [0.25, 0.3) is 0 Å². The Hall–Kier alpha value is -3.30. The molecule has 31 heavy (non-hydrogen) atoms. The Kier molecular flexibility index (Phi) is 7.20. The van der Waals surface area contributed by atoms with E-state index in [9.17, 15) is 4.79 Å². The van der Waals surface area contributed by atoms with Gasteiger partial charge < -0.3 is 4.74 Å². The molecule has 0 aliphatic heterocycles. The van der Waals surface area contributed by atoms with Crippen LogP contribution in [0.1, 0.15) is 23.2 Å². The summed E-state index contributed by atoms with van der Waals surface area (Å²) < 4.78 is 5.69. The summed E-state index contributed by atoms with van der Waals surface area (Å²) in [5.41, 5.74) is 0.758. The van der Waals surface area contributed by atoms with Gasteiger partial charge in [-0.25, -0.2) is 0 Å². The summed E-state index contributed by atoms with van der Waals surface area (Å²) in [4.78, 5) is 16.4. The third-order valence-electron chi connectivity index (χ3n) is 4.93. The second-order valence-corrected chi connectivity index (χ2v) is 9.17. The third-order valence-corrected chi connectivity index (χ3v) is 7.16. The van der Waals surface area contributed by atoms with Gasteiger partial charge in [-0.3, -0.25) is 4.79 Å². The van der Waals surface area contributed by atoms with Gasteiger partial charge in [-0.15, -0.1) is 0 Å². The largest absolute Gasteiger partial charge is 0.494 e. The first-order chi connectivity index (χ1) is 15.3. The maximum Gasteiger partial charge on any atom is 0.166 e. The number of hydrogen-bond donors (Lipinski definition) is 0. The molecule has 0 saturated heterocycles. The SMILES string of the molecule is O=C(CCCOc1ccccc1)c1ccc([S+](c2ccccc2)c2ccccc2)cc1. The molecule has 4 aromatic carbocycles. The monoisotopic (exact) mass is 425 g/mol. The molecule has 0 aromatic heterocycles. The molecule has 0 heterocycles. The molecule has 0 spiro atoms. The Morgan fingerprint density at radius 3 is 1.65 bits per heavy atom. The molecule has 154 valence electrons. The Morgan fingerprint density at radius 1 is 0.613 bits per heavy atom. The minimum Gasteiger partial charge on any atom is -0.494 e. The molecular formula is C28H25O2S+. The van der Waals surface area contributed by atoms with Crippen LogP contribution in [0.4, 0.5) is 0 Å². The summed E-state index contributed by atoms with van der Waals surface area (Å²) in [6.07, 6.45) is 1.18. The Morgan fingerprint density at radius 2 is 1.10 bits per heavy atom. The maximum atomic E-state index is 12.6. The fraction of sp³-hybridized carbons (Fsp3) is 0.107. The standard InChI is InChI=1S/C28H25O2S/c29-28(17-10-22-30-24-11-4-1-5-12-24)23-18-20-27(21-19-23)31(25-13-6-2-7-14-25)26-15-8-3-9-16-26/h1-9,11-16,18-21H,10,17,22H2/q+1. The second kappa shape index (κ2) is 10.6. The zero-order chi connectivity index (χ0) is 21.3. The molecule has 0 saturated carbocycles. The number of carbonyl (C=O) groups is 1. The molecule has 0 radical (unpaired) electrons. The molecule has 0 aliphatic carbocycles. The van der Waals surface area contributed by atoms with Gasteiger partial charge in [0.05, 0.1) is 17.5 Å². The molecule has 2 nitrogen and oxygen atoms in total. The lowest BCUT2D eigenvalue weighted by atomic mass is 10.1. The summed E-state index contributed by atoms with van der Waals surface area (Å²) in [5.74, 6) is 0.996. The number of ketones is 1. The van der Waals surface area contributed by atoms with Crippen molar-refractivity contribution in [2.45, 2.75) is 27.5 Å². The number of Topliss-reactive ketones (excluding diaryl/α,β-unsaturated/α-hetero) is 1. The number of rotatable bonds is 9. The van der Waals surface area contributed by atoms with E-state index < -0.39 is 0 Å². The molecule has 4 aromatic rings. The van der Waals surface area contributed by atoms with Crippen LogP contribution in [-0.2, 0) is 10.9 Å². The zero-order valence-corrected chi connectivity index (χ0v) is 18.1. The van der Waals surface area contributed by atoms with Crippen molar-refractivity contribution in [1.82, 2.24) is 0 Å². The summed E-state index contributed by atoms with van der Waals surface area (Å²) in [5, 5.41) is 0. The average molecular weight is 426 g/mol. The number of ether oxygens (including phenoxy) is 1. The molecule has 0 aliphatic rings. The molecule has 4 rings (SSSR count). The van der Waals surface area contributed by atoms with Crippen LogP contribution in [0, 0.1) is 0 Å². The maximum absolute atomic E-state index is 12.6. The van der Waals surface area contributed by atoms with E-state index in [1.54, 1.807) is 0 Å². The molecule has 0 fully saturated rings. The Bertz CT molecular complexity index is 1040. The average Bonchev–Trinajstić information content (AvgIpc) is 2.84. The predicted octanol–water partition coefficient (Wildman–Crippen LogP) is 6.82.